The molecule has 0 aliphatic carbocycles. The summed E-state index contributed by atoms with van der Waals surface area (Å²) in [6.45, 7) is 1.51. The molecule has 1 N–H and O–H groups in total. The van der Waals surface area contributed by atoms with E-state index in [0.29, 0.717) is 17.1 Å². The van der Waals surface area contributed by atoms with Crippen LogP contribution in [0.2, 0.25) is 0 Å². The van der Waals surface area contributed by atoms with Gasteiger partial charge in [-0.2, -0.15) is 13.2 Å². The van der Waals surface area contributed by atoms with Gasteiger partial charge in [-0.1, -0.05) is 6.07 Å². The predicted octanol–water partition coefficient (Wildman–Crippen LogP) is 3.26. The van der Waals surface area contributed by atoms with Gasteiger partial charge in [-0.25, -0.2) is 13.2 Å². The van der Waals surface area contributed by atoms with Crippen molar-refractivity contribution in [2.75, 3.05) is 4.72 Å². The maximum atomic E-state index is 12.8. The van der Waals surface area contributed by atoms with Gasteiger partial charge >= 0.3 is 11.9 Å². The van der Waals surface area contributed by atoms with Crippen LogP contribution < -0.4 is 10.5 Å². The Morgan fingerprint density at radius 3 is 2.50 bits per heavy atom. The number of nitrogens with one attached hydrogen (secondary N) is 1. The van der Waals surface area contributed by atoms with E-state index >= 15 is 0 Å². The number of sulfonamides is 1. The second-order valence-corrected chi connectivity index (χ2v) is 7.35. The smallest absolute Gasteiger partial charge is 0.408 e. The van der Waals surface area contributed by atoms with Gasteiger partial charge in [-0.3, -0.25) is 9.29 Å². The lowest BCUT2D eigenvalue weighted by Gasteiger charge is -2.12. The normalized spacial score (nSPS) is 12.5. The van der Waals surface area contributed by atoms with E-state index in [4.69, 9.17) is 4.42 Å². The summed E-state index contributed by atoms with van der Waals surface area (Å²) in [5, 5.41) is 0. The van der Waals surface area contributed by atoms with Crippen molar-refractivity contribution in [3.8, 4) is 0 Å². The lowest BCUT2D eigenvalue weighted by atomic mass is 10.2. The SMILES string of the molecule is Cc1cc2c(cc1S(=O)(=O)Nc1cccc(C(F)(F)F)c1)oc(=O)n2C. The quantitative estimate of drug-likeness (QED) is 0.749. The lowest BCUT2D eigenvalue weighted by Crippen LogP contribution is -2.15. The summed E-state index contributed by atoms with van der Waals surface area (Å²) in [4.78, 5) is 11.4. The Balaban J connectivity index is 2.05. The van der Waals surface area contributed by atoms with Crippen LogP contribution in [0.1, 0.15) is 11.1 Å². The molecule has 0 radical (unpaired) electrons. The summed E-state index contributed by atoms with van der Waals surface area (Å²) in [7, 11) is -2.72. The number of hydrogen-bond donors (Lipinski definition) is 1. The second-order valence-electron chi connectivity index (χ2n) is 5.70. The standard InChI is InChI=1S/C16H13F3N2O4S/c1-9-6-12-13(25-15(22)21(12)2)8-14(9)26(23,24)20-11-5-3-4-10(7-11)16(17,18)19/h3-8,20H,1-2H3. The van der Waals surface area contributed by atoms with E-state index in [2.05, 4.69) is 4.72 Å². The zero-order valence-corrected chi connectivity index (χ0v) is 14.4. The molecule has 3 aromatic rings. The maximum absolute atomic E-state index is 12.8. The van der Waals surface area contributed by atoms with E-state index in [9.17, 15) is 26.4 Å². The van der Waals surface area contributed by atoms with Gasteiger partial charge in [-0.15, -0.1) is 0 Å². The fourth-order valence-electron chi connectivity index (χ4n) is 2.52. The monoisotopic (exact) mass is 386 g/mol. The highest BCUT2D eigenvalue weighted by Crippen LogP contribution is 2.31. The summed E-state index contributed by atoms with van der Waals surface area (Å²) < 4.78 is 71.9. The number of oxazole rings is 1. The number of aromatic nitrogens is 1. The molecule has 2 aromatic carbocycles. The van der Waals surface area contributed by atoms with Crippen molar-refractivity contribution < 1.29 is 26.0 Å². The average Bonchev–Trinajstić information content (AvgIpc) is 2.80. The van der Waals surface area contributed by atoms with Crippen molar-refractivity contribution in [2.45, 2.75) is 18.0 Å². The molecule has 0 aliphatic heterocycles. The molecule has 0 fully saturated rings. The number of fused-ring (bicyclic) bond motifs is 1. The van der Waals surface area contributed by atoms with E-state index in [1.807, 2.05) is 0 Å². The van der Waals surface area contributed by atoms with Gasteiger partial charge in [0.25, 0.3) is 10.0 Å². The molecule has 0 atom stereocenters. The van der Waals surface area contributed by atoms with E-state index < -0.39 is 27.5 Å². The first-order valence-electron chi connectivity index (χ1n) is 7.29. The Kier molecular flexibility index (Phi) is 4.10. The molecule has 0 unspecified atom stereocenters. The number of alkyl halides is 3. The molecule has 26 heavy (non-hydrogen) atoms. The van der Waals surface area contributed by atoms with E-state index in [1.54, 1.807) is 0 Å². The van der Waals surface area contributed by atoms with Crippen molar-refractivity contribution in [1.82, 2.24) is 4.57 Å². The zero-order valence-electron chi connectivity index (χ0n) is 13.6. The average molecular weight is 386 g/mol. The molecule has 0 amide bonds. The highest BCUT2D eigenvalue weighted by atomic mass is 32.2. The van der Waals surface area contributed by atoms with Crippen molar-refractivity contribution in [3.63, 3.8) is 0 Å². The third-order valence-electron chi connectivity index (χ3n) is 3.82. The Bertz CT molecular complexity index is 1160. The van der Waals surface area contributed by atoms with Crippen LogP contribution >= 0.6 is 0 Å². The maximum Gasteiger partial charge on any atom is 0.419 e. The Labute approximate surface area is 145 Å². The van der Waals surface area contributed by atoms with Crippen molar-refractivity contribution in [2.24, 2.45) is 7.05 Å². The zero-order chi connectivity index (χ0) is 19.3. The van der Waals surface area contributed by atoms with Gasteiger partial charge in [0.1, 0.15) is 0 Å². The van der Waals surface area contributed by atoms with Crippen LogP contribution in [0, 0.1) is 6.92 Å². The topological polar surface area (TPSA) is 81.3 Å². The van der Waals surface area contributed by atoms with Gasteiger partial charge in [0.2, 0.25) is 0 Å². The van der Waals surface area contributed by atoms with Crippen molar-refractivity contribution in [1.29, 1.82) is 0 Å². The minimum atomic E-state index is -4.59. The summed E-state index contributed by atoms with van der Waals surface area (Å²) in [5.74, 6) is -0.653. The van der Waals surface area contributed by atoms with Gasteiger partial charge in [0.05, 0.1) is 16.0 Å². The molecule has 0 saturated heterocycles. The third-order valence-corrected chi connectivity index (χ3v) is 5.34. The summed E-state index contributed by atoms with van der Waals surface area (Å²) >= 11 is 0. The number of rotatable bonds is 3. The highest BCUT2D eigenvalue weighted by Gasteiger charge is 2.31. The summed E-state index contributed by atoms with van der Waals surface area (Å²) in [6, 6.07) is 6.49. The molecular weight excluding hydrogens is 373 g/mol. The Morgan fingerprint density at radius 2 is 1.85 bits per heavy atom. The molecule has 0 bridgehead atoms. The molecule has 138 valence electrons. The van der Waals surface area contributed by atoms with Crippen LogP contribution in [0.25, 0.3) is 11.1 Å². The first-order valence-corrected chi connectivity index (χ1v) is 8.77. The first kappa shape index (κ1) is 18.1. The Hall–Kier alpha value is -2.75. The van der Waals surface area contributed by atoms with Gasteiger partial charge in [0, 0.05) is 18.8 Å². The van der Waals surface area contributed by atoms with E-state index in [-0.39, 0.29) is 16.2 Å². The van der Waals surface area contributed by atoms with Gasteiger partial charge in [0.15, 0.2) is 5.58 Å². The fraction of sp³-hybridized carbons (Fsp3) is 0.188. The van der Waals surface area contributed by atoms with Crippen LogP contribution in [0.15, 0.2) is 50.5 Å². The number of hydrogen-bond acceptors (Lipinski definition) is 4. The fourth-order valence-corrected chi connectivity index (χ4v) is 3.81. The van der Waals surface area contributed by atoms with Crippen LogP contribution in [-0.4, -0.2) is 13.0 Å². The highest BCUT2D eigenvalue weighted by molar-refractivity contribution is 7.92. The molecule has 0 aliphatic rings. The van der Waals surface area contributed by atoms with Gasteiger partial charge < -0.3 is 4.42 Å². The van der Waals surface area contributed by atoms with Crippen molar-refractivity contribution >= 4 is 26.8 Å². The molecular formula is C16H13F3N2O4S. The lowest BCUT2D eigenvalue weighted by molar-refractivity contribution is -0.137. The molecule has 0 spiro atoms. The molecule has 1 aromatic heterocycles. The minimum Gasteiger partial charge on any atom is -0.408 e. The number of benzene rings is 2. The van der Waals surface area contributed by atoms with Crippen LogP contribution in [-0.2, 0) is 23.2 Å². The molecule has 6 nitrogen and oxygen atoms in total. The van der Waals surface area contributed by atoms with E-state index in [1.165, 1.54) is 36.7 Å². The number of anilines is 1. The number of nitrogens with zero attached hydrogens (tertiary/aromatic N) is 1. The minimum absolute atomic E-state index is 0.0625. The van der Waals surface area contributed by atoms with Crippen molar-refractivity contribution in [3.05, 3.63) is 58.1 Å². The largest absolute Gasteiger partial charge is 0.419 e. The van der Waals surface area contributed by atoms with Crippen LogP contribution in [0.3, 0.4) is 0 Å². The molecule has 3 rings (SSSR count). The van der Waals surface area contributed by atoms with Gasteiger partial charge in [-0.05, 0) is 36.8 Å². The summed E-state index contributed by atoms with van der Waals surface area (Å²) in [6.07, 6.45) is -4.59. The van der Waals surface area contributed by atoms with Crippen LogP contribution in [0.4, 0.5) is 18.9 Å². The second kappa shape index (κ2) is 5.90. The molecule has 1 heterocycles. The molecule has 0 saturated carbocycles. The van der Waals surface area contributed by atoms with E-state index in [0.717, 1.165) is 12.1 Å². The number of aryl methyl sites for hydroxylation is 2. The molecule has 10 heteroatoms. The Morgan fingerprint density at radius 1 is 1.15 bits per heavy atom. The van der Waals surface area contributed by atoms with Crippen LogP contribution in [0.5, 0.6) is 0 Å². The predicted molar refractivity (Wildman–Crippen MR) is 88.4 cm³/mol. The summed E-state index contributed by atoms with van der Waals surface area (Å²) in [5.41, 5.74) is -0.417. The third kappa shape index (κ3) is 3.19. The number of halogens is 3. The first-order chi connectivity index (χ1) is 12.0.